The molecule has 0 unspecified atom stereocenters. The zero-order valence-corrected chi connectivity index (χ0v) is 18.8. The van der Waals surface area contributed by atoms with Crippen molar-refractivity contribution < 1.29 is 10.2 Å². The summed E-state index contributed by atoms with van der Waals surface area (Å²) in [6.45, 7) is 6.80. The third-order valence-electron chi connectivity index (χ3n) is 5.49. The van der Waals surface area contributed by atoms with Gasteiger partial charge in [0.2, 0.25) is 0 Å². The third-order valence-corrected chi connectivity index (χ3v) is 6.55. The number of fused-ring (bicyclic) bond motifs is 1. The highest BCUT2D eigenvalue weighted by atomic mass is 32.2. The van der Waals surface area contributed by atoms with Crippen LogP contribution in [0.15, 0.2) is 5.16 Å². The minimum Gasteiger partial charge on any atom is -0.390 e. The van der Waals surface area contributed by atoms with Crippen molar-refractivity contribution in [3.05, 3.63) is 11.6 Å². The molecule has 3 aromatic rings. The van der Waals surface area contributed by atoms with Crippen molar-refractivity contribution in [3.8, 4) is 0 Å². The Kier molecular flexibility index (Phi) is 6.68. The minimum atomic E-state index is -1.03. The summed E-state index contributed by atoms with van der Waals surface area (Å²) in [6, 6.07) is -0.488. The first-order valence-corrected chi connectivity index (χ1v) is 11.8. The van der Waals surface area contributed by atoms with Gasteiger partial charge in [-0.3, -0.25) is 5.10 Å². The van der Waals surface area contributed by atoms with Crippen LogP contribution in [0.4, 0.5) is 5.82 Å². The minimum absolute atomic E-state index is 0.377. The predicted molar refractivity (Wildman–Crippen MR) is 117 cm³/mol. The number of hydrogen-bond acceptors (Lipinski definition) is 10. The first-order chi connectivity index (χ1) is 15.0. The summed E-state index contributed by atoms with van der Waals surface area (Å²) in [7, 11) is 0. The number of anilines is 1. The normalized spacial score (nSPS) is 23.6. The number of aliphatic hydroxyl groups excluding tert-OH is 2. The van der Waals surface area contributed by atoms with E-state index >= 15 is 0 Å². The molecule has 4 rings (SSSR count). The number of aliphatic hydroxyl groups is 2. The van der Waals surface area contributed by atoms with Crippen LogP contribution in [0, 0.1) is 6.92 Å². The van der Waals surface area contributed by atoms with Gasteiger partial charge >= 0.3 is 0 Å². The molecule has 0 amide bonds. The molecule has 3 heterocycles. The molecule has 1 aliphatic carbocycles. The summed E-state index contributed by atoms with van der Waals surface area (Å²) < 4.78 is 1.62. The van der Waals surface area contributed by atoms with Gasteiger partial charge in [0.25, 0.3) is 0 Å². The lowest BCUT2D eigenvalue weighted by atomic mass is 10.1. The van der Waals surface area contributed by atoms with Gasteiger partial charge in [-0.1, -0.05) is 37.2 Å². The summed E-state index contributed by atoms with van der Waals surface area (Å²) in [5.74, 6) is 2.34. The highest BCUT2D eigenvalue weighted by Gasteiger charge is 2.46. The number of H-pyrrole nitrogens is 1. The molecule has 1 aliphatic rings. The molecule has 4 atom stereocenters. The van der Waals surface area contributed by atoms with Crippen molar-refractivity contribution in [3.63, 3.8) is 0 Å². The Labute approximate surface area is 184 Å². The van der Waals surface area contributed by atoms with Crippen LogP contribution in [0.1, 0.15) is 63.1 Å². The van der Waals surface area contributed by atoms with Gasteiger partial charge in [0.1, 0.15) is 17.8 Å². The quantitative estimate of drug-likeness (QED) is 0.217. The summed E-state index contributed by atoms with van der Waals surface area (Å²) in [5, 5.41) is 41.0. The van der Waals surface area contributed by atoms with Gasteiger partial charge in [0, 0.05) is 18.2 Å². The van der Waals surface area contributed by atoms with E-state index in [-0.39, 0.29) is 5.92 Å². The lowest BCUT2D eigenvalue weighted by Gasteiger charge is -2.17. The van der Waals surface area contributed by atoms with Gasteiger partial charge < -0.3 is 15.5 Å². The van der Waals surface area contributed by atoms with E-state index in [4.69, 9.17) is 0 Å². The Balaban J connectivity index is 1.69. The lowest BCUT2D eigenvalue weighted by molar-refractivity contribution is 0.0146. The molecule has 0 radical (unpaired) electrons. The van der Waals surface area contributed by atoms with Crippen LogP contribution in [-0.4, -0.2) is 74.9 Å². The maximum absolute atomic E-state index is 10.8. The Bertz CT molecular complexity index is 1020. The fraction of sp³-hybridized carbons (Fsp3) is 0.684. The molecule has 3 aromatic heterocycles. The average Bonchev–Trinajstić information content (AvgIpc) is 3.45. The largest absolute Gasteiger partial charge is 0.390 e. The number of nitrogens with one attached hydrogen (secondary N) is 2. The number of thioether (sulfide) groups is 1. The van der Waals surface area contributed by atoms with Gasteiger partial charge in [0.05, 0.1) is 12.1 Å². The lowest BCUT2D eigenvalue weighted by Crippen LogP contribution is -2.29. The number of nitrogens with zero attached hydrogens (tertiary/aromatic N) is 7. The topological polar surface area (TPSA) is 151 Å². The monoisotopic (exact) mass is 447 g/mol. The third kappa shape index (κ3) is 4.37. The number of hydrogen-bond donors (Lipinski definition) is 4. The van der Waals surface area contributed by atoms with E-state index in [2.05, 4.69) is 54.6 Å². The summed E-state index contributed by atoms with van der Waals surface area (Å²) >= 11 is 1.58. The van der Waals surface area contributed by atoms with Crippen LogP contribution in [0.2, 0.25) is 0 Å². The molecular formula is C19H29N9O2S. The molecule has 0 bridgehead atoms. The predicted octanol–water partition coefficient (Wildman–Crippen LogP) is 1.81. The van der Waals surface area contributed by atoms with E-state index < -0.39 is 18.2 Å². The molecule has 4 N–H and O–H groups in total. The second kappa shape index (κ2) is 9.45. The maximum atomic E-state index is 10.8. The summed E-state index contributed by atoms with van der Waals surface area (Å²) in [4.78, 5) is 13.7. The van der Waals surface area contributed by atoms with Gasteiger partial charge in [-0.05, 0) is 26.2 Å². The Morgan fingerprint density at radius 3 is 2.71 bits per heavy atom. The SMILES string of the molecule is CCCCNc1nc(SCCC)nc2c1nnn2[C@@H]1C[C@H](c2nc(C)n[nH]2)[C@@H](O)[C@H]1O. The van der Waals surface area contributed by atoms with Crippen molar-refractivity contribution >= 4 is 28.7 Å². The Morgan fingerprint density at radius 1 is 1.16 bits per heavy atom. The van der Waals surface area contributed by atoms with E-state index in [1.165, 1.54) is 0 Å². The van der Waals surface area contributed by atoms with Gasteiger partial charge in [-0.15, -0.1) is 5.10 Å². The van der Waals surface area contributed by atoms with E-state index in [1.54, 1.807) is 23.4 Å². The molecule has 1 fully saturated rings. The second-order valence-electron chi connectivity index (χ2n) is 7.85. The van der Waals surface area contributed by atoms with Crippen molar-refractivity contribution in [1.82, 2.24) is 40.1 Å². The Hall–Kier alpha value is -2.31. The zero-order valence-electron chi connectivity index (χ0n) is 18.0. The number of aromatic amines is 1. The molecule has 168 valence electrons. The van der Waals surface area contributed by atoms with E-state index in [0.717, 1.165) is 31.6 Å². The van der Waals surface area contributed by atoms with Crippen LogP contribution in [0.3, 0.4) is 0 Å². The number of aryl methyl sites for hydroxylation is 1. The van der Waals surface area contributed by atoms with Crippen molar-refractivity contribution in [2.24, 2.45) is 0 Å². The molecule has 1 saturated carbocycles. The Morgan fingerprint density at radius 2 is 2.00 bits per heavy atom. The van der Waals surface area contributed by atoms with E-state index in [9.17, 15) is 10.2 Å². The first-order valence-electron chi connectivity index (χ1n) is 10.8. The number of aromatic nitrogens is 8. The highest BCUT2D eigenvalue weighted by molar-refractivity contribution is 7.99. The molecular weight excluding hydrogens is 418 g/mol. The smallest absolute Gasteiger partial charge is 0.191 e. The molecule has 0 aromatic carbocycles. The second-order valence-corrected chi connectivity index (χ2v) is 8.91. The average molecular weight is 448 g/mol. The van der Waals surface area contributed by atoms with Gasteiger partial charge in [-0.25, -0.2) is 19.6 Å². The molecule has 0 saturated heterocycles. The van der Waals surface area contributed by atoms with Crippen molar-refractivity contribution in [2.75, 3.05) is 17.6 Å². The molecule has 0 spiro atoms. The number of rotatable bonds is 9. The fourth-order valence-electron chi connectivity index (χ4n) is 3.85. The van der Waals surface area contributed by atoms with E-state index in [0.29, 0.717) is 40.2 Å². The maximum Gasteiger partial charge on any atom is 0.191 e. The van der Waals surface area contributed by atoms with Crippen LogP contribution in [0.5, 0.6) is 0 Å². The first kappa shape index (κ1) is 21.9. The molecule has 0 aliphatic heterocycles. The van der Waals surface area contributed by atoms with Crippen molar-refractivity contribution in [1.29, 1.82) is 0 Å². The van der Waals surface area contributed by atoms with Gasteiger partial charge in [-0.2, -0.15) is 5.10 Å². The number of unbranched alkanes of at least 4 members (excludes halogenated alkanes) is 1. The standard InChI is InChI=1S/C19H29N9O2S/c1-4-6-7-20-17-13-18(23-19(22-17)31-8-5-2)28(27-25-13)12-9-11(14(29)15(12)30)16-21-10(3)24-26-16/h11-12,14-15,29-30H,4-9H2,1-3H3,(H,20,22,23)(H,21,24,26)/t11-,12+,14+,15-/m0/s1. The molecule has 12 heteroatoms. The summed E-state index contributed by atoms with van der Waals surface area (Å²) in [6.07, 6.45) is 1.51. The van der Waals surface area contributed by atoms with Crippen LogP contribution < -0.4 is 5.32 Å². The molecule has 11 nitrogen and oxygen atoms in total. The van der Waals surface area contributed by atoms with Gasteiger partial charge in [0.15, 0.2) is 22.1 Å². The van der Waals surface area contributed by atoms with Crippen LogP contribution >= 0.6 is 11.8 Å². The van der Waals surface area contributed by atoms with Crippen LogP contribution in [0.25, 0.3) is 11.2 Å². The van der Waals surface area contributed by atoms with Crippen molar-refractivity contribution in [2.45, 2.75) is 75.8 Å². The summed E-state index contributed by atoms with van der Waals surface area (Å²) in [5.41, 5.74) is 1.12. The zero-order chi connectivity index (χ0) is 22.0. The van der Waals surface area contributed by atoms with E-state index in [1.807, 2.05) is 0 Å². The van der Waals surface area contributed by atoms with Crippen LogP contribution in [-0.2, 0) is 0 Å². The fourth-order valence-corrected chi connectivity index (χ4v) is 4.54. The molecule has 31 heavy (non-hydrogen) atoms. The highest BCUT2D eigenvalue weighted by Crippen LogP contribution is 2.41.